The Balaban J connectivity index is 1.82. The second kappa shape index (κ2) is 4.67. The first-order valence-corrected chi connectivity index (χ1v) is 5.48. The average Bonchev–Trinajstić information content (AvgIpc) is 3.09. The second-order valence-corrected chi connectivity index (χ2v) is 3.64. The Kier molecular flexibility index (Phi) is 2.71. The van der Waals surface area contributed by atoms with Crippen molar-refractivity contribution < 1.29 is 4.42 Å². The van der Waals surface area contributed by atoms with E-state index in [0.717, 1.165) is 11.3 Å². The zero-order valence-corrected chi connectivity index (χ0v) is 9.45. The minimum absolute atomic E-state index is 0.239. The van der Waals surface area contributed by atoms with Crippen molar-refractivity contribution in [1.29, 1.82) is 0 Å². The summed E-state index contributed by atoms with van der Waals surface area (Å²) < 4.78 is 5.43. The molecule has 0 aliphatic rings. The summed E-state index contributed by atoms with van der Waals surface area (Å²) in [7, 11) is 0. The number of hydrogen-bond acceptors (Lipinski definition) is 4. The molecule has 0 spiro atoms. The lowest BCUT2D eigenvalue weighted by Crippen LogP contribution is -1.77. The Morgan fingerprint density at radius 2 is 1.94 bits per heavy atom. The quantitative estimate of drug-likeness (QED) is 0.713. The van der Waals surface area contributed by atoms with E-state index in [9.17, 15) is 0 Å². The Hall–Kier alpha value is -2.69. The topological polar surface area (TPSA) is 67.1 Å². The number of hydrogen-bond donors (Lipinski definition) is 1. The Bertz CT molecular complexity index is 641. The van der Waals surface area contributed by atoms with Gasteiger partial charge in [0.25, 0.3) is 0 Å². The van der Waals surface area contributed by atoms with E-state index in [4.69, 9.17) is 4.42 Å². The van der Waals surface area contributed by atoms with E-state index in [1.54, 1.807) is 6.21 Å². The molecular weight excluding hydrogens is 228 g/mol. The van der Waals surface area contributed by atoms with Gasteiger partial charge in [-0.15, -0.1) is 5.10 Å². The van der Waals surface area contributed by atoms with Gasteiger partial charge in [-0.1, -0.05) is 23.3 Å². The molecule has 0 amide bonds. The maximum Gasteiger partial charge on any atom is 0.342 e. The second-order valence-electron chi connectivity index (χ2n) is 3.64. The molecular formula is C13H10N4O. The molecule has 3 aromatic rings. The van der Waals surface area contributed by atoms with Gasteiger partial charge in [0.05, 0.1) is 11.9 Å². The number of aliphatic imine (C=N–C) groups is 1. The predicted molar refractivity (Wildman–Crippen MR) is 67.8 cm³/mol. The zero-order valence-electron chi connectivity index (χ0n) is 9.45. The van der Waals surface area contributed by atoms with Gasteiger partial charge in [0, 0.05) is 11.8 Å². The monoisotopic (exact) mass is 238 g/mol. The lowest BCUT2D eigenvalue weighted by Gasteiger charge is -1.90. The molecule has 88 valence electrons. The summed E-state index contributed by atoms with van der Waals surface area (Å²) in [5.74, 6) is 0.467. The Labute approximate surface area is 103 Å². The Morgan fingerprint density at radius 1 is 1.06 bits per heavy atom. The molecule has 0 aliphatic heterocycles. The van der Waals surface area contributed by atoms with Crippen LogP contribution in [0.1, 0.15) is 5.69 Å². The maximum absolute atomic E-state index is 5.43. The van der Waals surface area contributed by atoms with Gasteiger partial charge in [0.2, 0.25) is 5.89 Å². The number of benzene rings is 1. The van der Waals surface area contributed by atoms with Gasteiger partial charge < -0.3 is 9.40 Å². The van der Waals surface area contributed by atoms with Gasteiger partial charge in [-0.2, -0.15) is 4.99 Å². The van der Waals surface area contributed by atoms with E-state index < -0.39 is 0 Å². The van der Waals surface area contributed by atoms with Crippen molar-refractivity contribution in [1.82, 2.24) is 15.2 Å². The van der Waals surface area contributed by atoms with E-state index in [1.807, 2.05) is 48.7 Å². The molecule has 0 fully saturated rings. The molecule has 0 saturated carbocycles. The number of aromatic nitrogens is 3. The van der Waals surface area contributed by atoms with Crippen LogP contribution < -0.4 is 0 Å². The lowest BCUT2D eigenvalue weighted by molar-refractivity contribution is 0.580. The van der Waals surface area contributed by atoms with Crippen molar-refractivity contribution in [3.05, 3.63) is 54.4 Å². The van der Waals surface area contributed by atoms with Gasteiger partial charge in [-0.25, -0.2) is 0 Å². The molecule has 1 aromatic carbocycles. The fourth-order valence-corrected chi connectivity index (χ4v) is 1.51. The van der Waals surface area contributed by atoms with Crippen LogP contribution in [0.4, 0.5) is 6.01 Å². The first-order chi connectivity index (χ1) is 8.92. The average molecular weight is 238 g/mol. The minimum atomic E-state index is 0.239. The molecule has 0 saturated heterocycles. The molecule has 2 heterocycles. The smallest absolute Gasteiger partial charge is 0.342 e. The standard InChI is InChI=1S/C13H10N4O/c1-2-5-10(6-3-1)12-16-17-13(18-12)15-9-11-7-4-8-14-11/h1-9,14H/b15-9-. The highest BCUT2D eigenvalue weighted by atomic mass is 16.4. The fraction of sp³-hybridized carbons (Fsp3) is 0. The summed E-state index contributed by atoms with van der Waals surface area (Å²) in [4.78, 5) is 7.11. The maximum atomic E-state index is 5.43. The molecule has 0 bridgehead atoms. The highest BCUT2D eigenvalue weighted by molar-refractivity contribution is 5.78. The van der Waals surface area contributed by atoms with Crippen molar-refractivity contribution in [2.75, 3.05) is 0 Å². The minimum Gasteiger partial charge on any atom is -0.402 e. The summed E-state index contributed by atoms with van der Waals surface area (Å²) in [5, 5.41) is 7.81. The van der Waals surface area contributed by atoms with Crippen molar-refractivity contribution >= 4 is 12.2 Å². The first-order valence-electron chi connectivity index (χ1n) is 5.48. The van der Waals surface area contributed by atoms with E-state index in [2.05, 4.69) is 20.2 Å². The molecule has 0 atom stereocenters. The molecule has 0 radical (unpaired) electrons. The SMILES string of the molecule is C(=N/c1nnc(-c2ccccc2)o1)/c1ccc[nH]1. The van der Waals surface area contributed by atoms with Crippen LogP contribution in [0.5, 0.6) is 0 Å². The molecule has 5 heteroatoms. The fourth-order valence-electron chi connectivity index (χ4n) is 1.51. The highest BCUT2D eigenvalue weighted by Crippen LogP contribution is 2.20. The zero-order chi connectivity index (χ0) is 12.2. The van der Waals surface area contributed by atoms with Crippen LogP contribution in [0.15, 0.2) is 58.1 Å². The van der Waals surface area contributed by atoms with Crippen LogP contribution >= 0.6 is 0 Å². The highest BCUT2D eigenvalue weighted by Gasteiger charge is 2.06. The van der Waals surface area contributed by atoms with Crippen molar-refractivity contribution in [2.24, 2.45) is 4.99 Å². The van der Waals surface area contributed by atoms with Gasteiger partial charge in [-0.05, 0) is 24.3 Å². The van der Waals surface area contributed by atoms with Gasteiger partial charge in [0.15, 0.2) is 0 Å². The molecule has 3 rings (SSSR count). The number of rotatable bonds is 3. The van der Waals surface area contributed by atoms with Crippen LogP contribution in [-0.2, 0) is 0 Å². The third-order valence-electron chi connectivity index (χ3n) is 2.37. The molecule has 5 nitrogen and oxygen atoms in total. The van der Waals surface area contributed by atoms with E-state index in [1.165, 1.54) is 0 Å². The number of nitrogens with one attached hydrogen (secondary N) is 1. The van der Waals surface area contributed by atoms with Crippen LogP contribution in [0.2, 0.25) is 0 Å². The molecule has 18 heavy (non-hydrogen) atoms. The lowest BCUT2D eigenvalue weighted by atomic mass is 10.2. The summed E-state index contributed by atoms with van der Waals surface area (Å²) in [6.45, 7) is 0. The predicted octanol–water partition coefficient (Wildman–Crippen LogP) is 2.82. The summed E-state index contributed by atoms with van der Waals surface area (Å²) >= 11 is 0. The van der Waals surface area contributed by atoms with Crippen LogP contribution in [-0.4, -0.2) is 21.4 Å². The van der Waals surface area contributed by atoms with Crippen LogP contribution in [0.25, 0.3) is 11.5 Å². The van der Waals surface area contributed by atoms with Gasteiger partial charge in [0.1, 0.15) is 0 Å². The number of nitrogens with zero attached hydrogens (tertiary/aromatic N) is 3. The van der Waals surface area contributed by atoms with E-state index in [-0.39, 0.29) is 6.01 Å². The molecule has 1 N–H and O–H groups in total. The normalized spacial score (nSPS) is 11.1. The third kappa shape index (κ3) is 2.20. The van der Waals surface area contributed by atoms with Gasteiger partial charge >= 0.3 is 6.01 Å². The Morgan fingerprint density at radius 3 is 2.72 bits per heavy atom. The first kappa shape index (κ1) is 10.5. The van der Waals surface area contributed by atoms with Gasteiger partial charge in [-0.3, -0.25) is 0 Å². The summed E-state index contributed by atoms with van der Waals surface area (Å²) in [6.07, 6.45) is 3.47. The molecule has 2 aromatic heterocycles. The van der Waals surface area contributed by atoms with Crippen molar-refractivity contribution in [3.63, 3.8) is 0 Å². The number of H-pyrrole nitrogens is 1. The largest absolute Gasteiger partial charge is 0.402 e. The summed E-state index contributed by atoms with van der Waals surface area (Å²) in [6, 6.07) is 13.6. The third-order valence-corrected chi connectivity index (χ3v) is 2.37. The van der Waals surface area contributed by atoms with Crippen molar-refractivity contribution in [3.8, 4) is 11.5 Å². The van der Waals surface area contributed by atoms with Crippen LogP contribution in [0.3, 0.4) is 0 Å². The van der Waals surface area contributed by atoms with Crippen molar-refractivity contribution in [2.45, 2.75) is 0 Å². The van der Waals surface area contributed by atoms with E-state index in [0.29, 0.717) is 5.89 Å². The number of aromatic amines is 1. The molecule has 0 aliphatic carbocycles. The molecule has 0 unspecified atom stereocenters. The van der Waals surface area contributed by atoms with Crippen LogP contribution in [0, 0.1) is 0 Å². The van der Waals surface area contributed by atoms with E-state index >= 15 is 0 Å². The summed E-state index contributed by atoms with van der Waals surface area (Å²) in [5.41, 5.74) is 1.76.